The fourth-order valence-corrected chi connectivity index (χ4v) is 2.08. The Kier molecular flexibility index (Phi) is 4.96. The summed E-state index contributed by atoms with van der Waals surface area (Å²) in [5.41, 5.74) is 0.776. The molecule has 0 radical (unpaired) electrons. The molecule has 6 heteroatoms. The van der Waals surface area contributed by atoms with Crippen molar-refractivity contribution in [2.75, 3.05) is 0 Å². The van der Waals surface area contributed by atoms with E-state index < -0.39 is 0 Å². The van der Waals surface area contributed by atoms with Gasteiger partial charge in [0, 0.05) is 17.0 Å². The Morgan fingerprint density at radius 3 is 2.81 bits per heavy atom. The van der Waals surface area contributed by atoms with Crippen LogP contribution in [0.4, 0.5) is 0 Å². The first kappa shape index (κ1) is 15.5. The van der Waals surface area contributed by atoms with Gasteiger partial charge in [-0.25, -0.2) is 0 Å². The van der Waals surface area contributed by atoms with Crippen molar-refractivity contribution in [2.24, 2.45) is 5.92 Å². The molecule has 0 aliphatic heterocycles. The third-order valence-corrected chi connectivity index (χ3v) is 3.10. The molecule has 0 unspecified atom stereocenters. The Labute approximate surface area is 128 Å². The Bertz CT molecular complexity index is 625. The molecule has 1 amide bonds. The molecule has 0 spiro atoms. The third-order valence-electron chi connectivity index (χ3n) is 2.87. The van der Waals surface area contributed by atoms with Crippen molar-refractivity contribution in [2.45, 2.75) is 33.2 Å². The van der Waals surface area contributed by atoms with E-state index in [1.807, 2.05) is 32.9 Å². The first-order valence-electron chi connectivity index (χ1n) is 6.84. The highest BCUT2D eigenvalue weighted by atomic mass is 35.5. The zero-order valence-electron chi connectivity index (χ0n) is 12.3. The maximum Gasteiger partial charge on any atom is 0.249 e. The zero-order valence-corrected chi connectivity index (χ0v) is 13.0. The lowest BCUT2D eigenvalue weighted by atomic mass is 10.1. The van der Waals surface area contributed by atoms with Crippen LogP contribution in [0.3, 0.4) is 0 Å². The molecule has 2 rings (SSSR count). The van der Waals surface area contributed by atoms with E-state index >= 15 is 0 Å². The third kappa shape index (κ3) is 4.29. The number of carbonyl (C=O) groups excluding carboxylic acids is 1. The summed E-state index contributed by atoms with van der Waals surface area (Å²) in [4.78, 5) is 16.0. The number of rotatable bonds is 5. The molecule has 2 aromatic rings. The van der Waals surface area contributed by atoms with Gasteiger partial charge >= 0.3 is 0 Å². The predicted molar refractivity (Wildman–Crippen MR) is 80.8 cm³/mol. The molecular weight excluding hydrogens is 290 g/mol. The topological polar surface area (TPSA) is 68.0 Å². The van der Waals surface area contributed by atoms with Crippen molar-refractivity contribution >= 4 is 17.5 Å². The molecule has 0 aliphatic rings. The fourth-order valence-electron chi connectivity index (χ4n) is 1.89. The number of hydrogen-bond donors (Lipinski definition) is 1. The molecule has 1 aromatic carbocycles. The normalized spacial score (nSPS) is 12.4. The van der Waals surface area contributed by atoms with E-state index in [-0.39, 0.29) is 11.9 Å². The average molecular weight is 308 g/mol. The summed E-state index contributed by atoms with van der Waals surface area (Å²) in [5, 5.41) is 7.37. The van der Waals surface area contributed by atoms with Crippen LogP contribution in [0.2, 0.25) is 5.02 Å². The predicted octanol–water partition coefficient (Wildman–Crippen LogP) is 3.61. The highest BCUT2D eigenvalue weighted by Gasteiger charge is 2.17. The minimum Gasteiger partial charge on any atom is -0.345 e. The minimum atomic E-state index is -0.323. The zero-order chi connectivity index (χ0) is 15.4. The van der Waals surface area contributed by atoms with Gasteiger partial charge in [-0.3, -0.25) is 4.79 Å². The van der Waals surface area contributed by atoms with Crippen molar-refractivity contribution in [1.29, 1.82) is 0 Å². The van der Waals surface area contributed by atoms with Crippen LogP contribution in [0.15, 0.2) is 28.8 Å². The molecule has 0 aliphatic carbocycles. The lowest BCUT2D eigenvalue weighted by molar-refractivity contribution is -0.122. The number of benzene rings is 1. The fraction of sp³-hybridized carbons (Fsp3) is 0.400. The van der Waals surface area contributed by atoms with Crippen LogP contribution in [-0.2, 0) is 4.79 Å². The molecule has 1 heterocycles. The Morgan fingerprint density at radius 2 is 2.14 bits per heavy atom. The number of carbonyl (C=O) groups is 1. The first-order chi connectivity index (χ1) is 9.95. The van der Waals surface area contributed by atoms with E-state index in [0.29, 0.717) is 29.1 Å². The largest absolute Gasteiger partial charge is 0.345 e. The number of nitrogens with zero attached hydrogens (tertiary/aromatic N) is 2. The average Bonchev–Trinajstić information content (AvgIpc) is 2.87. The van der Waals surface area contributed by atoms with Crippen molar-refractivity contribution in [3.8, 4) is 11.4 Å². The van der Waals surface area contributed by atoms with Gasteiger partial charge in [0.15, 0.2) is 0 Å². The van der Waals surface area contributed by atoms with Gasteiger partial charge in [0.05, 0.1) is 0 Å². The van der Waals surface area contributed by atoms with Gasteiger partial charge in [0.2, 0.25) is 17.6 Å². The summed E-state index contributed by atoms with van der Waals surface area (Å²) in [6.45, 7) is 5.80. The molecule has 1 N–H and O–H groups in total. The second-order valence-corrected chi connectivity index (χ2v) is 5.79. The van der Waals surface area contributed by atoms with Crippen LogP contribution in [-0.4, -0.2) is 16.0 Å². The Hall–Kier alpha value is -1.88. The van der Waals surface area contributed by atoms with Gasteiger partial charge in [-0.15, -0.1) is 0 Å². The first-order valence-corrected chi connectivity index (χ1v) is 7.22. The smallest absolute Gasteiger partial charge is 0.249 e. The van der Waals surface area contributed by atoms with Crippen LogP contribution in [0.25, 0.3) is 11.4 Å². The van der Waals surface area contributed by atoms with Crippen LogP contribution in [0.1, 0.15) is 39.1 Å². The van der Waals surface area contributed by atoms with E-state index in [1.165, 1.54) is 0 Å². The van der Waals surface area contributed by atoms with Crippen molar-refractivity contribution in [1.82, 2.24) is 15.5 Å². The van der Waals surface area contributed by atoms with E-state index in [1.54, 1.807) is 12.1 Å². The lowest BCUT2D eigenvalue weighted by Crippen LogP contribution is -2.27. The molecule has 0 saturated heterocycles. The summed E-state index contributed by atoms with van der Waals surface area (Å²) in [6.07, 6.45) is 0.472. The number of halogens is 1. The minimum absolute atomic E-state index is 0.0278. The lowest BCUT2D eigenvalue weighted by Gasteiger charge is -2.10. The maximum absolute atomic E-state index is 11.7. The van der Waals surface area contributed by atoms with Crippen molar-refractivity contribution < 1.29 is 9.32 Å². The quantitative estimate of drug-likeness (QED) is 0.916. The number of hydrogen-bond acceptors (Lipinski definition) is 4. The molecule has 1 aromatic heterocycles. The molecule has 0 saturated carbocycles. The summed E-state index contributed by atoms with van der Waals surface area (Å²) in [7, 11) is 0. The number of nitrogens with one attached hydrogen (secondary N) is 1. The molecule has 0 bridgehead atoms. The van der Waals surface area contributed by atoms with Crippen molar-refractivity contribution in [3.05, 3.63) is 35.2 Å². The molecule has 21 heavy (non-hydrogen) atoms. The molecule has 112 valence electrons. The summed E-state index contributed by atoms with van der Waals surface area (Å²) in [5.74, 6) is 1.11. The van der Waals surface area contributed by atoms with E-state index in [9.17, 15) is 4.79 Å². The summed E-state index contributed by atoms with van der Waals surface area (Å²) < 4.78 is 5.21. The number of aromatic nitrogens is 2. The van der Waals surface area contributed by atoms with Crippen LogP contribution in [0, 0.1) is 5.92 Å². The second kappa shape index (κ2) is 6.72. The van der Waals surface area contributed by atoms with Gasteiger partial charge in [-0.1, -0.05) is 42.7 Å². The monoisotopic (exact) mass is 307 g/mol. The van der Waals surface area contributed by atoms with Gasteiger partial charge in [-0.05, 0) is 25.0 Å². The molecule has 5 nitrogen and oxygen atoms in total. The summed E-state index contributed by atoms with van der Waals surface area (Å²) in [6, 6.07) is 6.89. The Balaban J connectivity index is 2.07. The number of amides is 1. The van der Waals surface area contributed by atoms with Crippen LogP contribution >= 0.6 is 11.6 Å². The SMILES string of the molecule is CC(C)CC(=O)N[C@@H](C)c1nc(-c2cccc(Cl)c2)no1. The summed E-state index contributed by atoms with van der Waals surface area (Å²) >= 11 is 5.94. The van der Waals surface area contributed by atoms with Gasteiger partial charge in [0.25, 0.3) is 0 Å². The second-order valence-electron chi connectivity index (χ2n) is 5.35. The highest BCUT2D eigenvalue weighted by molar-refractivity contribution is 6.30. The van der Waals surface area contributed by atoms with Gasteiger partial charge < -0.3 is 9.84 Å². The molecular formula is C15H18ClN3O2. The van der Waals surface area contributed by atoms with Crippen LogP contribution < -0.4 is 5.32 Å². The van der Waals surface area contributed by atoms with Crippen LogP contribution in [0.5, 0.6) is 0 Å². The van der Waals surface area contributed by atoms with E-state index in [4.69, 9.17) is 16.1 Å². The van der Waals surface area contributed by atoms with Gasteiger partial charge in [-0.2, -0.15) is 4.98 Å². The molecule has 0 fully saturated rings. The highest BCUT2D eigenvalue weighted by Crippen LogP contribution is 2.21. The maximum atomic E-state index is 11.7. The Morgan fingerprint density at radius 1 is 1.38 bits per heavy atom. The van der Waals surface area contributed by atoms with Crippen molar-refractivity contribution in [3.63, 3.8) is 0 Å². The van der Waals surface area contributed by atoms with E-state index in [0.717, 1.165) is 5.56 Å². The molecule has 1 atom stereocenters. The van der Waals surface area contributed by atoms with E-state index in [2.05, 4.69) is 15.5 Å². The van der Waals surface area contributed by atoms with Gasteiger partial charge in [0.1, 0.15) is 6.04 Å². The standard InChI is InChI=1S/C15H18ClN3O2/c1-9(2)7-13(20)17-10(3)15-18-14(19-21-15)11-5-4-6-12(16)8-11/h4-6,8-10H,7H2,1-3H3,(H,17,20)/t10-/m0/s1.